The first kappa shape index (κ1) is 12.3. The number of amides is 1. The molecule has 21 heavy (non-hydrogen) atoms. The summed E-state index contributed by atoms with van der Waals surface area (Å²) in [5.74, 6) is 1.37. The van der Waals surface area contributed by atoms with Gasteiger partial charge < -0.3 is 14.4 Å². The Balaban J connectivity index is 1.67. The van der Waals surface area contributed by atoms with Gasteiger partial charge in [-0.1, -0.05) is 18.2 Å². The molecule has 4 heteroatoms. The maximum absolute atomic E-state index is 12.7. The molecule has 4 nitrogen and oxygen atoms in total. The molecule has 0 saturated heterocycles. The first-order valence-electron chi connectivity index (χ1n) is 7.12. The summed E-state index contributed by atoms with van der Waals surface area (Å²) in [7, 11) is 0. The normalized spacial score (nSPS) is 15.7. The van der Waals surface area contributed by atoms with Gasteiger partial charge in [0, 0.05) is 17.8 Å². The fraction of sp³-hybridized carbons (Fsp3) is 0.235. The van der Waals surface area contributed by atoms with Crippen molar-refractivity contribution in [1.82, 2.24) is 0 Å². The van der Waals surface area contributed by atoms with E-state index in [1.54, 1.807) is 12.1 Å². The average Bonchev–Trinajstić information content (AvgIpc) is 2.98. The van der Waals surface area contributed by atoms with Crippen LogP contribution in [-0.2, 0) is 6.42 Å². The zero-order chi connectivity index (χ0) is 14.2. The molecule has 2 aromatic rings. The van der Waals surface area contributed by atoms with Crippen molar-refractivity contribution < 1.29 is 14.3 Å². The van der Waals surface area contributed by atoms with Crippen molar-refractivity contribution in [3.8, 4) is 11.5 Å². The molecular formula is C17H15NO3. The Kier molecular flexibility index (Phi) is 2.81. The van der Waals surface area contributed by atoms with Crippen LogP contribution in [0.2, 0.25) is 0 Å². The lowest BCUT2D eigenvalue weighted by atomic mass is 10.1. The van der Waals surface area contributed by atoms with Gasteiger partial charge >= 0.3 is 0 Å². The van der Waals surface area contributed by atoms with E-state index in [1.165, 1.54) is 5.56 Å². The SMILES string of the molecule is O=C(c1ccc2c(c1)OCCO2)N1CCc2ccccc21. The zero-order valence-electron chi connectivity index (χ0n) is 11.5. The van der Waals surface area contributed by atoms with Crippen LogP contribution in [0.1, 0.15) is 15.9 Å². The van der Waals surface area contributed by atoms with Gasteiger partial charge in [-0.25, -0.2) is 0 Å². The van der Waals surface area contributed by atoms with Crippen LogP contribution in [-0.4, -0.2) is 25.7 Å². The molecule has 0 aromatic heterocycles. The van der Waals surface area contributed by atoms with E-state index < -0.39 is 0 Å². The standard InChI is InChI=1S/C17H15NO3/c19-17(18-8-7-12-3-1-2-4-14(12)18)13-5-6-15-16(11-13)21-10-9-20-15/h1-6,11H,7-10H2. The van der Waals surface area contributed by atoms with Crippen LogP contribution in [0, 0.1) is 0 Å². The molecule has 0 radical (unpaired) electrons. The van der Waals surface area contributed by atoms with Crippen LogP contribution in [0.5, 0.6) is 11.5 Å². The van der Waals surface area contributed by atoms with Crippen LogP contribution < -0.4 is 14.4 Å². The number of carbonyl (C=O) groups is 1. The predicted octanol–water partition coefficient (Wildman–Crippen LogP) is 2.66. The van der Waals surface area contributed by atoms with Gasteiger partial charge in [0.1, 0.15) is 13.2 Å². The molecule has 2 aliphatic heterocycles. The third kappa shape index (κ3) is 2.03. The fourth-order valence-electron chi connectivity index (χ4n) is 2.88. The van der Waals surface area contributed by atoms with Crippen molar-refractivity contribution in [3.05, 3.63) is 53.6 Å². The van der Waals surface area contributed by atoms with Gasteiger partial charge in [0.2, 0.25) is 0 Å². The molecule has 0 unspecified atom stereocenters. The lowest BCUT2D eigenvalue weighted by molar-refractivity contribution is 0.0988. The highest BCUT2D eigenvalue weighted by atomic mass is 16.6. The first-order valence-corrected chi connectivity index (χ1v) is 7.12. The number of fused-ring (bicyclic) bond motifs is 2. The quantitative estimate of drug-likeness (QED) is 0.806. The minimum atomic E-state index is 0.0110. The van der Waals surface area contributed by atoms with Gasteiger partial charge in [-0.15, -0.1) is 0 Å². The van der Waals surface area contributed by atoms with Crippen molar-refractivity contribution in [2.75, 3.05) is 24.7 Å². The summed E-state index contributed by atoms with van der Waals surface area (Å²) in [6.45, 7) is 1.81. The molecule has 2 aliphatic rings. The molecule has 1 amide bonds. The Labute approximate surface area is 122 Å². The second kappa shape index (κ2) is 4.81. The van der Waals surface area contributed by atoms with Crippen LogP contribution in [0.15, 0.2) is 42.5 Å². The van der Waals surface area contributed by atoms with E-state index >= 15 is 0 Å². The molecule has 0 N–H and O–H groups in total. The van der Waals surface area contributed by atoms with E-state index in [1.807, 2.05) is 29.2 Å². The summed E-state index contributed by atoms with van der Waals surface area (Å²) in [4.78, 5) is 14.6. The van der Waals surface area contributed by atoms with Gasteiger partial charge in [-0.3, -0.25) is 4.79 Å². The number of para-hydroxylation sites is 1. The maximum atomic E-state index is 12.7. The number of hydrogen-bond acceptors (Lipinski definition) is 3. The highest BCUT2D eigenvalue weighted by Gasteiger charge is 2.26. The smallest absolute Gasteiger partial charge is 0.258 e. The molecular weight excluding hydrogens is 266 g/mol. The third-order valence-corrected chi connectivity index (χ3v) is 3.92. The minimum Gasteiger partial charge on any atom is -0.486 e. The number of hydrogen-bond donors (Lipinski definition) is 0. The lowest BCUT2D eigenvalue weighted by Gasteiger charge is -2.21. The number of rotatable bonds is 1. The van der Waals surface area contributed by atoms with E-state index in [0.717, 1.165) is 18.7 Å². The summed E-state index contributed by atoms with van der Waals surface area (Å²) in [5.41, 5.74) is 2.87. The van der Waals surface area contributed by atoms with Gasteiger partial charge in [0.15, 0.2) is 11.5 Å². The van der Waals surface area contributed by atoms with Gasteiger partial charge in [0.05, 0.1) is 0 Å². The van der Waals surface area contributed by atoms with Crippen molar-refractivity contribution in [2.24, 2.45) is 0 Å². The van der Waals surface area contributed by atoms with Crippen LogP contribution in [0.4, 0.5) is 5.69 Å². The third-order valence-electron chi connectivity index (χ3n) is 3.92. The highest BCUT2D eigenvalue weighted by molar-refractivity contribution is 6.07. The van der Waals surface area contributed by atoms with E-state index in [-0.39, 0.29) is 5.91 Å². The van der Waals surface area contributed by atoms with Crippen molar-refractivity contribution in [1.29, 1.82) is 0 Å². The monoisotopic (exact) mass is 281 g/mol. The Morgan fingerprint density at radius 1 is 1.00 bits per heavy atom. The fourth-order valence-corrected chi connectivity index (χ4v) is 2.88. The van der Waals surface area contributed by atoms with E-state index in [2.05, 4.69) is 6.07 Å². The molecule has 4 rings (SSSR count). The Bertz CT molecular complexity index is 711. The van der Waals surface area contributed by atoms with Gasteiger partial charge in [0.25, 0.3) is 5.91 Å². The summed E-state index contributed by atoms with van der Waals surface area (Å²) in [6, 6.07) is 13.4. The lowest BCUT2D eigenvalue weighted by Crippen LogP contribution is -2.29. The molecule has 0 fully saturated rings. The van der Waals surface area contributed by atoms with Gasteiger partial charge in [-0.05, 0) is 36.2 Å². The molecule has 106 valence electrons. The highest BCUT2D eigenvalue weighted by Crippen LogP contribution is 2.33. The second-order valence-corrected chi connectivity index (χ2v) is 5.19. The Hall–Kier alpha value is -2.49. The largest absolute Gasteiger partial charge is 0.486 e. The first-order chi connectivity index (χ1) is 10.3. The summed E-state index contributed by atoms with van der Waals surface area (Å²) in [5, 5.41) is 0. The number of anilines is 1. The van der Waals surface area contributed by atoms with Crippen LogP contribution in [0.25, 0.3) is 0 Å². The summed E-state index contributed by atoms with van der Waals surface area (Å²) in [6.07, 6.45) is 0.909. The topological polar surface area (TPSA) is 38.8 Å². The van der Waals surface area contributed by atoms with E-state index in [4.69, 9.17) is 9.47 Å². The molecule has 0 atom stereocenters. The zero-order valence-corrected chi connectivity index (χ0v) is 11.5. The van der Waals surface area contributed by atoms with Crippen molar-refractivity contribution in [2.45, 2.75) is 6.42 Å². The van der Waals surface area contributed by atoms with Gasteiger partial charge in [-0.2, -0.15) is 0 Å². The molecule has 0 spiro atoms. The molecule has 2 aromatic carbocycles. The number of ether oxygens (including phenoxy) is 2. The van der Waals surface area contributed by atoms with E-state index in [0.29, 0.717) is 30.3 Å². The summed E-state index contributed by atoms with van der Waals surface area (Å²) < 4.78 is 11.0. The number of nitrogens with zero attached hydrogens (tertiary/aromatic N) is 1. The number of benzene rings is 2. The minimum absolute atomic E-state index is 0.0110. The number of carbonyl (C=O) groups excluding carboxylic acids is 1. The Morgan fingerprint density at radius 2 is 1.81 bits per heavy atom. The van der Waals surface area contributed by atoms with Crippen LogP contribution >= 0.6 is 0 Å². The summed E-state index contributed by atoms with van der Waals surface area (Å²) >= 11 is 0. The second-order valence-electron chi connectivity index (χ2n) is 5.19. The maximum Gasteiger partial charge on any atom is 0.258 e. The van der Waals surface area contributed by atoms with E-state index in [9.17, 15) is 4.79 Å². The Morgan fingerprint density at radius 3 is 2.71 bits per heavy atom. The molecule has 0 aliphatic carbocycles. The molecule has 0 saturated carbocycles. The van der Waals surface area contributed by atoms with Crippen LogP contribution in [0.3, 0.4) is 0 Å². The average molecular weight is 281 g/mol. The van der Waals surface area contributed by atoms with Crippen molar-refractivity contribution in [3.63, 3.8) is 0 Å². The molecule has 2 heterocycles. The van der Waals surface area contributed by atoms with Crippen molar-refractivity contribution >= 4 is 11.6 Å². The molecule has 0 bridgehead atoms. The predicted molar refractivity (Wildman–Crippen MR) is 79.3 cm³/mol.